The molecule has 1 aliphatic heterocycles. The molecule has 0 bridgehead atoms. The predicted octanol–water partition coefficient (Wildman–Crippen LogP) is 2.27. The number of hydrogen-bond acceptors (Lipinski definition) is 8. The van der Waals surface area contributed by atoms with Crippen LogP contribution in [0.3, 0.4) is 0 Å². The zero-order valence-electron chi connectivity index (χ0n) is 31.3. The highest BCUT2D eigenvalue weighted by Gasteiger charge is 2.43. The second-order valence-corrected chi connectivity index (χ2v) is 14.3. The van der Waals surface area contributed by atoms with Crippen molar-refractivity contribution < 1.29 is 28.7 Å². The van der Waals surface area contributed by atoms with Crippen LogP contribution in [0.25, 0.3) is 0 Å². The molecule has 0 saturated carbocycles. The SMILES string of the molecule is CC[C@H](C)C(C(CC(=O)N1CCCC1[C@H](OC)[C@@H](C)C(=O)NCN(C)C)OC)N(C)C(=O)C(NC(=O)C(C(C)C)N(C)C)C(C)C. The molecule has 5 unspecified atom stereocenters. The third-order valence-corrected chi connectivity index (χ3v) is 9.52. The molecule has 2 N–H and O–H groups in total. The first-order chi connectivity index (χ1) is 21.4. The van der Waals surface area contributed by atoms with Gasteiger partial charge in [0.15, 0.2) is 0 Å². The summed E-state index contributed by atoms with van der Waals surface area (Å²) in [5.74, 6) is -1.13. The summed E-state index contributed by atoms with van der Waals surface area (Å²) >= 11 is 0. The van der Waals surface area contributed by atoms with Crippen LogP contribution in [-0.2, 0) is 28.7 Å². The lowest BCUT2D eigenvalue weighted by Gasteiger charge is -2.41. The molecule has 12 nitrogen and oxygen atoms in total. The van der Waals surface area contributed by atoms with Gasteiger partial charge in [-0.2, -0.15) is 0 Å². The summed E-state index contributed by atoms with van der Waals surface area (Å²) in [5.41, 5.74) is 0. The van der Waals surface area contributed by atoms with Gasteiger partial charge in [0.25, 0.3) is 0 Å². The maximum absolute atomic E-state index is 14.1. The van der Waals surface area contributed by atoms with E-state index in [9.17, 15) is 19.2 Å². The van der Waals surface area contributed by atoms with Gasteiger partial charge in [0.2, 0.25) is 23.6 Å². The standard InChI is InChI=1S/C34H66N6O6/c1-15-23(6)30(39(12)34(44)28(21(2)3)36-33(43)29(22(4)5)38(10)11)26(45-13)19-27(41)40-18-16-17-25(40)31(46-14)24(7)32(42)35-20-37(8)9/h21-26,28-31H,15-20H2,1-14H3,(H,35,42)(H,36,43)/t23-,24+,25?,26?,28?,29?,30?,31+/m0/s1. The van der Waals surface area contributed by atoms with Gasteiger partial charge >= 0.3 is 0 Å². The van der Waals surface area contributed by atoms with Crippen molar-refractivity contribution >= 4 is 23.6 Å². The van der Waals surface area contributed by atoms with Gasteiger partial charge in [0.05, 0.1) is 49.3 Å². The Bertz CT molecular complexity index is 968. The van der Waals surface area contributed by atoms with Gasteiger partial charge in [-0.25, -0.2) is 0 Å². The van der Waals surface area contributed by atoms with E-state index in [1.807, 2.05) is 77.5 Å². The van der Waals surface area contributed by atoms with Gasteiger partial charge in [-0.05, 0) is 58.8 Å². The van der Waals surface area contributed by atoms with Crippen molar-refractivity contribution in [2.75, 3.05) is 62.7 Å². The van der Waals surface area contributed by atoms with Crippen molar-refractivity contribution in [1.29, 1.82) is 0 Å². The van der Waals surface area contributed by atoms with Gasteiger partial charge in [-0.15, -0.1) is 0 Å². The highest BCUT2D eigenvalue weighted by Crippen LogP contribution is 2.29. The zero-order valence-corrected chi connectivity index (χ0v) is 31.3. The summed E-state index contributed by atoms with van der Waals surface area (Å²) in [4.78, 5) is 61.6. The van der Waals surface area contributed by atoms with E-state index in [1.54, 1.807) is 26.2 Å². The summed E-state index contributed by atoms with van der Waals surface area (Å²) in [7, 11) is 12.4. The van der Waals surface area contributed by atoms with Crippen molar-refractivity contribution in [2.45, 2.75) is 111 Å². The Kier molecular flexibility index (Phi) is 17.7. The van der Waals surface area contributed by atoms with E-state index < -0.39 is 30.2 Å². The molecular formula is C34H66N6O6. The van der Waals surface area contributed by atoms with E-state index in [1.165, 1.54) is 0 Å². The van der Waals surface area contributed by atoms with E-state index in [4.69, 9.17) is 9.47 Å². The second-order valence-electron chi connectivity index (χ2n) is 14.3. The molecule has 0 radical (unpaired) electrons. The summed E-state index contributed by atoms with van der Waals surface area (Å²) in [6.07, 6.45) is 1.35. The number of hydrogen-bond donors (Lipinski definition) is 2. The van der Waals surface area contributed by atoms with Crippen molar-refractivity contribution in [3.05, 3.63) is 0 Å². The molecule has 0 aliphatic carbocycles. The van der Waals surface area contributed by atoms with Crippen LogP contribution in [-0.4, -0.2) is 142 Å². The number of likely N-dealkylation sites (tertiary alicyclic amines) is 1. The molecule has 1 aliphatic rings. The van der Waals surface area contributed by atoms with Gasteiger partial charge in [-0.3, -0.25) is 29.0 Å². The van der Waals surface area contributed by atoms with Crippen molar-refractivity contribution in [1.82, 2.24) is 30.2 Å². The fourth-order valence-corrected chi connectivity index (χ4v) is 6.81. The average molecular weight is 655 g/mol. The molecule has 12 heteroatoms. The van der Waals surface area contributed by atoms with E-state index >= 15 is 0 Å². The monoisotopic (exact) mass is 655 g/mol. The number of nitrogens with zero attached hydrogens (tertiary/aromatic N) is 4. The van der Waals surface area contributed by atoms with E-state index in [0.717, 1.165) is 19.3 Å². The third kappa shape index (κ3) is 11.2. The number of rotatable bonds is 19. The number of likely N-dealkylation sites (N-methyl/N-ethyl adjacent to an activating group) is 2. The number of amides is 4. The summed E-state index contributed by atoms with van der Waals surface area (Å²) in [5, 5.41) is 5.96. The van der Waals surface area contributed by atoms with Gasteiger partial charge in [-0.1, -0.05) is 54.9 Å². The maximum atomic E-state index is 14.1. The fraction of sp³-hybridized carbons (Fsp3) is 0.882. The highest BCUT2D eigenvalue weighted by atomic mass is 16.5. The summed E-state index contributed by atoms with van der Waals surface area (Å²) in [6.45, 7) is 14.8. The molecule has 268 valence electrons. The smallest absolute Gasteiger partial charge is 0.245 e. The van der Waals surface area contributed by atoms with Crippen LogP contribution < -0.4 is 10.6 Å². The maximum Gasteiger partial charge on any atom is 0.245 e. The van der Waals surface area contributed by atoms with Crippen LogP contribution >= 0.6 is 0 Å². The lowest BCUT2D eigenvalue weighted by Crippen LogP contribution is -2.59. The normalized spacial score (nSPS) is 20.0. The van der Waals surface area contributed by atoms with Crippen LogP contribution in [0, 0.1) is 23.7 Å². The number of carbonyl (C=O) groups is 4. The third-order valence-electron chi connectivity index (χ3n) is 9.52. The number of methoxy groups -OCH3 is 2. The lowest BCUT2D eigenvalue weighted by atomic mass is 9.89. The minimum absolute atomic E-state index is 0.0157. The molecule has 1 fully saturated rings. The van der Waals surface area contributed by atoms with Gasteiger partial charge in [0.1, 0.15) is 6.04 Å². The fourth-order valence-electron chi connectivity index (χ4n) is 6.81. The Morgan fingerprint density at radius 2 is 1.50 bits per heavy atom. The minimum Gasteiger partial charge on any atom is -0.379 e. The van der Waals surface area contributed by atoms with Crippen molar-refractivity contribution in [2.24, 2.45) is 23.7 Å². The molecule has 0 aromatic heterocycles. The van der Waals surface area contributed by atoms with E-state index in [2.05, 4.69) is 24.5 Å². The van der Waals surface area contributed by atoms with Crippen LogP contribution in [0.2, 0.25) is 0 Å². The van der Waals surface area contributed by atoms with Crippen LogP contribution in [0.4, 0.5) is 0 Å². The van der Waals surface area contributed by atoms with Crippen LogP contribution in [0.15, 0.2) is 0 Å². The Morgan fingerprint density at radius 3 is 1.96 bits per heavy atom. The largest absolute Gasteiger partial charge is 0.379 e. The van der Waals surface area contributed by atoms with Crippen molar-refractivity contribution in [3.8, 4) is 0 Å². The Hall–Kier alpha value is -2.28. The molecule has 1 rings (SSSR count). The molecule has 1 saturated heterocycles. The second kappa shape index (κ2) is 19.5. The quantitative estimate of drug-likeness (QED) is 0.204. The lowest BCUT2D eigenvalue weighted by molar-refractivity contribution is -0.148. The number of carbonyl (C=O) groups excluding carboxylic acids is 4. The van der Waals surface area contributed by atoms with Crippen LogP contribution in [0.1, 0.15) is 74.1 Å². The Morgan fingerprint density at radius 1 is 0.891 bits per heavy atom. The Balaban J connectivity index is 3.24. The molecule has 0 aromatic rings. The first kappa shape index (κ1) is 41.7. The number of nitrogens with one attached hydrogen (secondary N) is 2. The van der Waals surface area contributed by atoms with Gasteiger partial charge in [0, 0.05) is 27.8 Å². The molecule has 4 amide bonds. The summed E-state index contributed by atoms with van der Waals surface area (Å²) < 4.78 is 11.8. The zero-order chi connectivity index (χ0) is 35.5. The molecule has 1 heterocycles. The first-order valence-corrected chi connectivity index (χ1v) is 17.0. The van der Waals surface area contributed by atoms with E-state index in [-0.39, 0.29) is 59.9 Å². The Labute approximate surface area is 279 Å². The molecular weight excluding hydrogens is 588 g/mol. The van der Waals surface area contributed by atoms with Crippen molar-refractivity contribution in [3.63, 3.8) is 0 Å². The average Bonchev–Trinajstić information content (AvgIpc) is 3.46. The van der Waals surface area contributed by atoms with Gasteiger partial charge < -0.3 is 29.9 Å². The highest BCUT2D eigenvalue weighted by molar-refractivity contribution is 5.90. The first-order valence-electron chi connectivity index (χ1n) is 17.0. The van der Waals surface area contributed by atoms with E-state index in [0.29, 0.717) is 13.2 Å². The molecule has 46 heavy (non-hydrogen) atoms. The molecule has 0 aromatic carbocycles. The predicted molar refractivity (Wildman–Crippen MR) is 182 cm³/mol. The number of ether oxygens (including phenoxy) is 2. The molecule has 8 atom stereocenters. The minimum atomic E-state index is -0.732. The molecule has 0 spiro atoms. The summed E-state index contributed by atoms with van der Waals surface area (Å²) in [6, 6.07) is -1.76. The van der Waals surface area contributed by atoms with Crippen LogP contribution in [0.5, 0.6) is 0 Å². The topological polar surface area (TPSA) is 124 Å².